The van der Waals surface area contributed by atoms with Crippen molar-refractivity contribution in [2.45, 2.75) is 91.9 Å². The molecule has 4 saturated heterocycles. The van der Waals surface area contributed by atoms with Crippen LogP contribution < -0.4 is 42.5 Å². The first-order valence-electron chi connectivity index (χ1n) is 44.0. The van der Waals surface area contributed by atoms with Crippen molar-refractivity contribution in [2.24, 2.45) is 0 Å². The van der Waals surface area contributed by atoms with Gasteiger partial charge in [-0.1, -0.05) is 106 Å². The maximum atomic E-state index is 14.9. The largest absolute Gasteiger partial charge is 0.357 e. The van der Waals surface area contributed by atoms with E-state index >= 15 is 0 Å². The Morgan fingerprint density at radius 3 is 0.765 bits per heavy atom. The SMILES string of the molecule is Cc1ccc(NC(=O)c2ccc(C(=N)N3CCCC3)cc2)c(C(=O)Nc2ccc(Br)cn2)c1.Cc1ccc(NC(=O)c2ccc(C(=N)N3CCCC3)cc2F)c(C(=O)Nc2ccc(Cl)cn2)c1.Cc1ccc(NC(=O)c2ccc(C(=N)N3CCCCC3)cc2)c(C(=O)Nc2ccc(Br)cn2)c1.Cc1ccc(NC(=O)c2ccc(C(=N)N3CCCCC3)cc2F)c(C(=O)Nc2ccc(Cl)cn2)c1. The number of rotatable bonds is 20. The standard InChI is InChI=1S/C26H26BrN5O2.C26H25ClFN5O2.C25H24BrN5O2.C25H23ClFN5O2/c1-17-5-11-22(21(15-17)26(34)31-23-12-10-20(27)16-29-23)30-25(33)19-8-6-18(7-9-19)24(28)32-13-3-2-4-14-32;1-16-5-9-22(20(13-16)26(35)32-23-10-7-18(27)15-30-23)31-25(34)19-8-6-17(14-21(19)28)24(29)33-11-3-2-4-12-33;1-16-4-10-21(20(14-16)25(33)30-22-11-9-19(26)15-28-22)29-24(32)18-7-5-17(6-8-18)23(27)31-12-2-3-13-31;1-15-4-8-21(19(12-15)25(34)31-22-9-6-17(26)14-29-22)30-24(33)18-7-5-16(13-20(18)27)23(28)32-10-2-3-11-32/h5-12,15-16,28H,2-4,13-14H2,1H3,(H,30,33)(H,29,31,34);5-10,13-15,29H,2-4,11-12H2,1H3,(H,31,34)(H,30,32,35);4-11,14-15,27H,2-3,12-13H2,1H3,(H,29,32)(H,28,30,33);4-9,12-14,28H,2-3,10-11H2,1H3,(H,30,33)(H,29,31,34). The number of halogens is 6. The summed E-state index contributed by atoms with van der Waals surface area (Å²) < 4.78 is 31.3. The minimum atomic E-state index is -0.734. The van der Waals surface area contributed by atoms with E-state index in [-0.39, 0.29) is 68.9 Å². The average Bonchev–Trinajstić information content (AvgIpc) is 1.08. The van der Waals surface area contributed by atoms with Crippen molar-refractivity contribution >= 4 is 172 Å². The lowest BCUT2D eigenvalue weighted by molar-refractivity contribution is 0.100. The van der Waals surface area contributed by atoms with E-state index in [0.717, 1.165) is 152 Å². The number of likely N-dealkylation sites (tertiary alicyclic amines) is 4. The second-order valence-corrected chi connectivity index (χ2v) is 35.4. The predicted molar refractivity (Wildman–Crippen MR) is 536 cm³/mol. The molecule has 16 rings (SSSR count). The van der Waals surface area contributed by atoms with Gasteiger partial charge in [-0.25, -0.2) is 28.7 Å². The summed E-state index contributed by atoms with van der Waals surface area (Å²) in [6, 6.07) is 56.0. The minimum absolute atomic E-state index is 0.175. The number of pyridine rings is 4. The zero-order valence-electron chi connectivity index (χ0n) is 74.8. The van der Waals surface area contributed by atoms with Crippen LogP contribution in [0.2, 0.25) is 10.0 Å². The number of hydrogen-bond donors (Lipinski definition) is 12. The molecule has 12 N–H and O–H groups in total. The first-order chi connectivity index (χ1) is 65.4. The zero-order valence-corrected chi connectivity index (χ0v) is 79.5. The first kappa shape index (κ1) is 98.9. The highest BCUT2D eigenvalue weighted by atomic mass is 79.9. The van der Waals surface area contributed by atoms with Gasteiger partial charge in [0, 0.05) is 119 Å². The number of benzene rings is 8. The lowest BCUT2D eigenvalue weighted by Gasteiger charge is -2.29. The summed E-state index contributed by atoms with van der Waals surface area (Å²) in [5.74, 6) is -2.28. The number of hydrogen-bond acceptors (Lipinski definition) is 16. The van der Waals surface area contributed by atoms with Crippen LogP contribution in [0.4, 0.5) is 54.8 Å². The van der Waals surface area contributed by atoms with Crippen LogP contribution in [-0.2, 0) is 0 Å². The third kappa shape index (κ3) is 26.9. The van der Waals surface area contributed by atoms with Crippen molar-refractivity contribution in [2.75, 3.05) is 94.9 Å². The number of anilines is 8. The Kier molecular flexibility index (Phi) is 34.1. The molecule has 28 nitrogen and oxygen atoms in total. The van der Waals surface area contributed by atoms with Crippen LogP contribution >= 0.6 is 55.1 Å². The Bertz CT molecular complexity index is 6480. The van der Waals surface area contributed by atoms with Crippen molar-refractivity contribution in [3.05, 3.63) is 351 Å². The fourth-order valence-corrected chi connectivity index (χ4v) is 15.9. The highest BCUT2D eigenvalue weighted by Gasteiger charge is 2.27. The van der Waals surface area contributed by atoms with Gasteiger partial charge in [0.05, 0.1) is 66.2 Å². The topological polar surface area (TPSA) is 393 Å². The van der Waals surface area contributed by atoms with Gasteiger partial charge in [-0.15, -0.1) is 0 Å². The maximum absolute atomic E-state index is 14.9. The minimum Gasteiger partial charge on any atom is -0.357 e. The molecule has 0 radical (unpaired) electrons. The number of carbonyl (C=O) groups excluding carboxylic acids is 8. The molecule has 4 fully saturated rings. The lowest BCUT2D eigenvalue weighted by atomic mass is 10.1. The molecule has 12 aromatic rings. The van der Waals surface area contributed by atoms with Crippen molar-refractivity contribution in [3.63, 3.8) is 0 Å². The van der Waals surface area contributed by atoms with Gasteiger partial charge >= 0.3 is 0 Å². The van der Waals surface area contributed by atoms with Gasteiger partial charge in [0.15, 0.2) is 0 Å². The summed E-state index contributed by atoms with van der Waals surface area (Å²) in [5, 5.41) is 56.2. The van der Waals surface area contributed by atoms with Crippen LogP contribution in [0.15, 0.2) is 240 Å². The number of nitrogens with one attached hydrogen (secondary N) is 12. The molecule has 0 atom stereocenters. The highest BCUT2D eigenvalue weighted by Crippen LogP contribution is 2.30. The van der Waals surface area contributed by atoms with Crippen molar-refractivity contribution in [1.82, 2.24) is 39.5 Å². The molecular weight excluding hydrogens is 1900 g/mol. The molecule has 8 aromatic carbocycles. The van der Waals surface area contributed by atoms with Gasteiger partial charge < -0.3 is 62.1 Å². The number of piperidine rings is 2. The smallest absolute Gasteiger partial charge is 0.258 e. The molecule has 0 unspecified atom stereocenters. The molecule has 4 aliphatic rings. The second kappa shape index (κ2) is 46.9. The highest BCUT2D eigenvalue weighted by molar-refractivity contribution is 9.10. The molecule has 136 heavy (non-hydrogen) atoms. The van der Waals surface area contributed by atoms with Gasteiger partial charge in [-0.05, 0) is 269 Å². The van der Waals surface area contributed by atoms with E-state index in [1.54, 1.807) is 182 Å². The zero-order chi connectivity index (χ0) is 96.6. The third-order valence-electron chi connectivity index (χ3n) is 22.6. The number of carbonyl (C=O) groups is 8. The van der Waals surface area contributed by atoms with E-state index in [0.29, 0.717) is 89.7 Å². The number of amidine groups is 4. The first-order valence-corrected chi connectivity index (χ1v) is 46.3. The van der Waals surface area contributed by atoms with E-state index in [1.807, 2.05) is 54.5 Å². The number of aryl methyl sites for hydroxylation is 4. The van der Waals surface area contributed by atoms with Gasteiger partial charge in [0.2, 0.25) is 0 Å². The van der Waals surface area contributed by atoms with E-state index < -0.39 is 35.3 Å². The summed E-state index contributed by atoms with van der Waals surface area (Å²) in [7, 11) is 0. The number of aromatic nitrogens is 4. The molecule has 4 aliphatic heterocycles. The normalized spacial score (nSPS) is 13.1. The van der Waals surface area contributed by atoms with Crippen molar-refractivity contribution in [1.29, 1.82) is 21.6 Å². The van der Waals surface area contributed by atoms with Gasteiger partial charge in [-0.2, -0.15) is 0 Å². The van der Waals surface area contributed by atoms with Gasteiger partial charge in [-0.3, -0.25) is 60.0 Å². The van der Waals surface area contributed by atoms with Crippen LogP contribution in [0.1, 0.15) is 192 Å². The second-order valence-electron chi connectivity index (χ2n) is 32.7. The van der Waals surface area contributed by atoms with Gasteiger partial charge in [0.1, 0.15) is 58.2 Å². The molecule has 0 spiro atoms. The predicted octanol–water partition coefficient (Wildman–Crippen LogP) is 21.2. The monoisotopic (exact) mass is 2000 g/mol. The third-order valence-corrected chi connectivity index (χ3v) is 23.9. The summed E-state index contributed by atoms with van der Waals surface area (Å²) >= 11 is 18.3. The molecular formula is C102H98Br2Cl2F2N20O8. The lowest BCUT2D eigenvalue weighted by Crippen LogP contribution is -2.35. The summed E-state index contributed by atoms with van der Waals surface area (Å²) in [6.45, 7) is 14.1. The fraction of sp³-hybridized carbons (Fsp3) is 0.216. The summed E-state index contributed by atoms with van der Waals surface area (Å²) in [5.41, 5.74) is 8.78. The van der Waals surface area contributed by atoms with E-state index in [2.05, 4.69) is 99.2 Å². The molecule has 696 valence electrons. The molecule has 8 amide bonds. The Hall–Kier alpha value is -14.6. The van der Waals surface area contributed by atoms with Crippen molar-refractivity contribution < 1.29 is 47.1 Å². The Labute approximate surface area is 811 Å². The van der Waals surface area contributed by atoms with Crippen LogP contribution in [0.3, 0.4) is 0 Å². The van der Waals surface area contributed by atoms with Crippen LogP contribution in [-0.4, -0.2) is 162 Å². The summed E-state index contributed by atoms with van der Waals surface area (Å²) in [6.07, 6.45) is 16.8. The Balaban J connectivity index is 0.000000153. The number of nitrogens with zero attached hydrogens (tertiary/aromatic N) is 8. The molecule has 0 saturated carbocycles. The number of amides is 8. The van der Waals surface area contributed by atoms with E-state index in [1.165, 1.54) is 43.1 Å². The Morgan fingerprint density at radius 1 is 0.272 bits per heavy atom. The Morgan fingerprint density at radius 2 is 0.507 bits per heavy atom. The van der Waals surface area contributed by atoms with Gasteiger partial charge in [0.25, 0.3) is 47.3 Å². The average molecular weight is 2000 g/mol. The molecule has 0 aliphatic carbocycles. The van der Waals surface area contributed by atoms with Crippen LogP contribution in [0, 0.1) is 61.0 Å². The molecule has 34 heteroatoms. The quantitative estimate of drug-likeness (QED) is 0.0249. The fourth-order valence-electron chi connectivity index (χ4n) is 15.2. The molecule has 8 heterocycles. The van der Waals surface area contributed by atoms with E-state index in [9.17, 15) is 47.1 Å². The molecule has 0 bridgehead atoms. The molecule has 4 aromatic heterocycles. The maximum Gasteiger partial charge on any atom is 0.258 e. The van der Waals surface area contributed by atoms with Crippen molar-refractivity contribution in [3.8, 4) is 0 Å². The van der Waals surface area contributed by atoms with E-state index in [4.69, 9.17) is 44.8 Å². The summed E-state index contributed by atoms with van der Waals surface area (Å²) in [4.78, 5) is 128. The van der Waals surface area contributed by atoms with Crippen LogP contribution in [0.25, 0.3) is 0 Å². The van der Waals surface area contributed by atoms with Crippen LogP contribution in [0.5, 0.6) is 0 Å².